The number of carbonyl (C=O) groups is 1. The van der Waals surface area contributed by atoms with Gasteiger partial charge in [-0.25, -0.2) is 22.2 Å². The number of carbonyl (C=O) groups excluding carboxylic acids is 1. The summed E-state index contributed by atoms with van der Waals surface area (Å²) in [4.78, 5) is 26.3. The van der Waals surface area contributed by atoms with E-state index in [4.69, 9.17) is 0 Å². The molecule has 200 valence electrons. The van der Waals surface area contributed by atoms with Gasteiger partial charge in [0.15, 0.2) is 9.84 Å². The summed E-state index contributed by atoms with van der Waals surface area (Å²) in [6.07, 6.45) is 4.01. The third-order valence-corrected chi connectivity index (χ3v) is 9.67. The van der Waals surface area contributed by atoms with Crippen LogP contribution < -0.4 is 15.1 Å². The molecule has 2 aliphatic heterocycles. The molecule has 0 radical (unpaired) electrons. The van der Waals surface area contributed by atoms with E-state index in [1.165, 1.54) is 18.9 Å². The summed E-state index contributed by atoms with van der Waals surface area (Å²) in [5, 5.41) is 2.83. The molecule has 0 unspecified atom stereocenters. The number of anilines is 3. The SMILES string of the molecule is CCS(=O)(=O)c1ccc(C(=O)Nc2cc(C)nc(N3CCC(F)(F)CC3)n2)c(N2CCC3(CC2)CC3)c1. The summed E-state index contributed by atoms with van der Waals surface area (Å²) in [5.74, 6) is -2.53. The first-order valence-corrected chi connectivity index (χ1v) is 14.6. The molecule has 1 N–H and O–H groups in total. The molecule has 1 aromatic heterocycles. The van der Waals surface area contributed by atoms with E-state index >= 15 is 0 Å². The topological polar surface area (TPSA) is 95.5 Å². The van der Waals surface area contributed by atoms with E-state index in [0.29, 0.717) is 28.3 Å². The van der Waals surface area contributed by atoms with Crippen LogP contribution in [0, 0.1) is 12.3 Å². The number of piperidine rings is 2. The summed E-state index contributed by atoms with van der Waals surface area (Å²) in [6.45, 7) is 5.18. The second kappa shape index (κ2) is 9.49. The van der Waals surface area contributed by atoms with Crippen LogP contribution in [0.2, 0.25) is 0 Å². The fraction of sp³-hybridized carbons (Fsp3) is 0.577. The Morgan fingerprint density at radius 2 is 1.62 bits per heavy atom. The third-order valence-electron chi connectivity index (χ3n) is 7.94. The third kappa shape index (κ3) is 5.56. The quantitative estimate of drug-likeness (QED) is 0.586. The van der Waals surface area contributed by atoms with Gasteiger partial charge < -0.3 is 15.1 Å². The Balaban J connectivity index is 1.41. The molecule has 1 amide bonds. The van der Waals surface area contributed by atoms with Gasteiger partial charge in [0.25, 0.3) is 11.8 Å². The van der Waals surface area contributed by atoms with Crippen molar-refractivity contribution in [3.8, 4) is 0 Å². The van der Waals surface area contributed by atoms with Crippen LogP contribution in [0.15, 0.2) is 29.2 Å². The van der Waals surface area contributed by atoms with Gasteiger partial charge >= 0.3 is 0 Å². The molecular formula is C26H33F2N5O3S. The van der Waals surface area contributed by atoms with Gasteiger partial charge in [-0.05, 0) is 56.2 Å². The van der Waals surface area contributed by atoms with Gasteiger partial charge in [0, 0.05) is 50.8 Å². The van der Waals surface area contributed by atoms with Crippen LogP contribution in [0.5, 0.6) is 0 Å². The van der Waals surface area contributed by atoms with E-state index < -0.39 is 21.7 Å². The Morgan fingerprint density at radius 1 is 0.973 bits per heavy atom. The lowest BCUT2D eigenvalue weighted by Gasteiger charge is -2.35. The zero-order valence-corrected chi connectivity index (χ0v) is 22.1. The fourth-order valence-corrected chi connectivity index (χ4v) is 6.10. The minimum absolute atomic E-state index is 0.0213. The number of amides is 1. The van der Waals surface area contributed by atoms with E-state index in [1.807, 2.05) is 0 Å². The lowest BCUT2D eigenvalue weighted by molar-refractivity contribution is -0.0222. The molecule has 1 saturated carbocycles. The number of benzene rings is 1. The molecule has 3 aliphatic rings. The molecule has 0 bridgehead atoms. The van der Waals surface area contributed by atoms with Gasteiger partial charge in [-0.3, -0.25) is 4.79 Å². The number of hydrogen-bond donors (Lipinski definition) is 1. The summed E-state index contributed by atoms with van der Waals surface area (Å²) >= 11 is 0. The van der Waals surface area contributed by atoms with E-state index in [9.17, 15) is 22.0 Å². The largest absolute Gasteiger partial charge is 0.371 e. The molecule has 37 heavy (non-hydrogen) atoms. The first-order chi connectivity index (χ1) is 17.5. The summed E-state index contributed by atoms with van der Waals surface area (Å²) in [6, 6.07) is 6.29. The van der Waals surface area contributed by atoms with Crippen LogP contribution in [-0.2, 0) is 9.84 Å². The van der Waals surface area contributed by atoms with Crippen molar-refractivity contribution in [3.05, 3.63) is 35.5 Å². The van der Waals surface area contributed by atoms with E-state index in [0.717, 1.165) is 25.9 Å². The minimum atomic E-state index is -3.44. The highest BCUT2D eigenvalue weighted by Crippen LogP contribution is 2.54. The Hall–Kier alpha value is -2.82. The van der Waals surface area contributed by atoms with E-state index in [2.05, 4.69) is 20.2 Å². The van der Waals surface area contributed by atoms with Crippen molar-refractivity contribution in [2.45, 2.75) is 63.2 Å². The van der Waals surface area contributed by atoms with Crippen molar-refractivity contribution in [1.82, 2.24) is 9.97 Å². The number of alkyl halides is 2. The molecule has 1 spiro atoms. The van der Waals surface area contributed by atoms with Gasteiger partial charge in [0.05, 0.1) is 21.9 Å². The minimum Gasteiger partial charge on any atom is -0.371 e. The van der Waals surface area contributed by atoms with Crippen molar-refractivity contribution in [1.29, 1.82) is 0 Å². The normalized spacial score (nSPS) is 20.6. The maximum atomic E-state index is 13.6. The van der Waals surface area contributed by atoms with Gasteiger partial charge in [-0.1, -0.05) is 6.92 Å². The maximum absolute atomic E-state index is 13.6. The Bertz CT molecular complexity index is 1290. The number of nitrogens with one attached hydrogen (secondary N) is 1. The molecule has 2 saturated heterocycles. The second-order valence-corrected chi connectivity index (χ2v) is 12.8. The number of sulfone groups is 1. The molecule has 1 aromatic carbocycles. The molecule has 1 aliphatic carbocycles. The molecule has 8 nitrogen and oxygen atoms in total. The smallest absolute Gasteiger partial charge is 0.258 e. The van der Waals surface area contributed by atoms with Crippen LogP contribution >= 0.6 is 0 Å². The lowest BCUT2D eigenvalue weighted by atomic mass is 9.93. The Kier molecular flexibility index (Phi) is 6.62. The molecular weight excluding hydrogens is 500 g/mol. The summed E-state index contributed by atoms with van der Waals surface area (Å²) < 4.78 is 52.4. The average molecular weight is 534 g/mol. The van der Waals surface area contributed by atoms with E-state index in [1.54, 1.807) is 36.9 Å². The van der Waals surface area contributed by atoms with Gasteiger partial charge in [0.1, 0.15) is 5.82 Å². The molecule has 11 heteroatoms. The summed E-state index contributed by atoms with van der Waals surface area (Å²) in [5.41, 5.74) is 2.01. The van der Waals surface area contributed by atoms with Crippen LogP contribution in [0.3, 0.4) is 0 Å². The highest BCUT2D eigenvalue weighted by atomic mass is 32.2. The number of aromatic nitrogens is 2. The van der Waals surface area contributed by atoms with Crippen molar-refractivity contribution in [2.75, 3.05) is 47.0 Å². The van der Waals surface area contributed by atoms with Gasteiger partial charge in [-0.2, -0.15) is 4.98 Å². The predicted molar refractivity (Wildman–Crippen MR) is 138 cm³/mol. The van der Waals surface area contributed by atoms with Crippen molar-refractivity contribution in [3.63, 3.8) is 0 Å². The second-order valence-electron chi connectivity index (χ2n) is 10.6. The molecule has 2 aromatic rings. The van der Waals surface area contributed by atoms with Crippen LogP contribution in [0.4, 0.5) is 26.2 Å². The zero-order chi connectivity index (χ0) is 26.4. The number of nitrogens with zero attached hydrogens (tertiary/aromatic N) is 4. The fourth-order valence-electron chi connectivity index (χ4n) is 5.20. The monoisotopic (exact) mass is 533 g/mol. The number of rotatable bonds is 6. The van der Waals surface area contributed by atoms with Crippen molar-refractivity contribution in [2.24, 2.45) is 5.41 Å². The molecule has 3 heterocycles. The van der Waals surface area contributed by atoms with Crippen LogP contribution in [0.1, 0.15) is 61.5 Å². The van der Waals surface area contributed by atoms with Crippen molar-refractivity contribution >= 4 is 33.2 Å². The highest BCUT2D eigenvalue weighted by Gasteiger charge is 2.44. The maximum Gasteiger partial charge on any atom is 0.258 e. The predicted octanol–water partition coefficient (Wildman–Crippen LogP) is 4.45. The Labute approximate surface area is 216 Å². The standard InChI is InChI=1S/C26H33F2N5O3S/c1-3-37(35,36)19-4-5-20(21(17-19)32-12-8-25(6-7-25)9-13-32)23(34)30-22-16-18(2)29-24(31-22)33-14-10-26(27,28)11-15-33/h4-5,16-17H,3,6-15H2,1-2H3,(H,29,30,31,34). The van der Waals surface area contributed by atoms with Gasteiger partial charge in [-0.15, -0.1) is 0 Å². The van der Waals surface area contributed by atoms with Crippen molar-refractivity contribution < 1.29 is 22.0 Å². The average Bonchev–Trinajstić information content (AvgIpc) is 3.62. The first-order valence-electron chi connectivity index (χ1n) is 12.9. The summed E-state index contributed by atoms with van der Waals surface area (Å²) in [7, 11) is -3.44. The molecule has 0 atom stereocenters. The molecule has 3 fully saturated rings. The van der Waals surface area contributed by atoms with E-state index in [-0.39, 0.29) is 42.4 Å². The number of halogens is 2. The molecule has 5 rings (SSSR count). The van der Waals surface area contributed by atoms with Gasteiger partial charge in [0.2, 0.25) is 5.95 Å². The zero-order valence-electron chi connectivity index (χ0n) is 21.3. The van der Waals surface area contributed by atoms with Crippen LogP contribution in [-0.4, -0.2) is 62.1 Å². The lowest BCUT2D eigenvalue weighted by Crippen LogP contribution is -2.40. The Morgan fingerprint density at radius 3 is 2.24 bits per heavy atom. The number of hydrogen-bond acceptors (Lipinski definition) is 7. The first kappa shape index (κ1) is 25.8. The number of aryl methyl sites for hydroxylation is 1. The highest BCUT2D eigenvalue weighted by molar-refractivity contribution is 7.91. The van der Waals surface area contributed by atoms with Crippen LogP contribution in [0.25, 0.3) is 0 Å².